The molecule has 1 saturated heterocycles. The highest BCUT2D eigenvalue weighted by Crippen LogP contribution is 2.12. The maximum absolute atomic E-state index is 11.6. The Hall–Kier alpha value is -0.460. The van der Waals surface area contributed by atoms with E-state index in [1.165, 1.54) is 0 Å². The fourth-order valence-electron chi connectivity index (χ4n) is 1.82. The molecule has 0 radical (unpaired) electrons. The van der Waals surface area contributed by atoms with Crippen LogP contribution < -0.4 is 11.1 Å². The normalized spacial score (nSPS) is 19.3. The van der Waals surface area contributed by atoms with Crippen molar-refractivity contribution in [2.45, 2.75) is 32.4 Å². The molecule has 18 heavy (non-hydrogen) atoms. The van der Waals surface area contributed by atoms with Gasteiger partial charge in [0.05, 0.1) is 0 Å². The van der Waals surface area contributed by atoms with Crippen molar-refractivity contribution in [3.8, 4) is 0 Å². The molecule has 0 aromatic rings. The average molecular weight is 275 g/mol. The molecule has 0 aromatic carbocycles. The minimum atomic E-state index is -0.454. The molecule has 0 saturated carbocycles. The molecule has 1 heterocycles. The number of alkyl carbamates (subject to hydrolysis) is 1. The van der Waals surface area contributed by atoms with Gasteiger partial charge in [0.25, 0.3) is 0 Å². The third-order valence-corrected chi connectivity index (χ3v) is 3.66. The lowest BCUT2D eigenvalue weighted by atomic mass is 10.2. The summed E-state index contributed by atoms with van der Waals surface area (Å²) in [5.41, 5.74) is 5.32. The lowest BCUT2D eigenvalue weighted by Crippen LogP contribution is -2.51. The zero-order chi connectivity index (χ0) is 13.6. The van der Waals surface area contributed by atoms with E-state index in [2.05, 4.69) is 10.2 Å². The highest BCUT2D eigenvalue weighted by molar-refractivity contribution is 7.99. The molecule has 0 bridgehead atoms. The Bertz CT molecular complexity index is 263. The summed E-state index contributed by atoms with van der Waals surface area (Å²) < 4.78 is 5.21. The summed E-state index contributed by atoms with van der Waals surface area (Å²) in [5, 5.41) is 2.80. The summed E-state index contributed by atoms with van der Waals surface area (Å²) >= 11 is 1.96. The highest BCUT2D eigenvalue weighted by Gasteiger charge is 2.21. The van der Waals surface area contributed by atoms with Crippen molar-refractivity contribution in [2.24, 2.45) is 5.73 Å². The first-order valence-corrected chi connectivity index (χ1v) is 7.56. The smallest absolute Gasteiger partial charge is 0.407 e. The van der Waals surface area contributed by atoms with Crippen LogP contribution in [0, 0.1) is 0 Å². The van der Waals surface area contributed by atoms with Crippen LogP contribution in [0.5, 0.6) is 0 Å². The number of nitrogens with zero attached hydrogens (tertiary/aromatic N) is 1. The number of hydrogen-bond donors (Lipinski definition) is 2. The van der Waals surface area contributed by atoms with Gasteiger partial charge in [-0.15, -0.1) is 0 Å². The van der Waals surface area contributed by atoms with E-state index in [4.69, 9.17) is 10.5 Å². The molecule has 1 rings (SSSR count). The van der Waals surface area contributed by atoms with Crippen molar-refractivity contribution >= 4 is 17.9 Å². The minimum Gasteiger partial charge on any atom is -0.444 e. The molecule has 106 valence electrons. The first kappa shape index (κ1) is 15.6. The first-order chi connectivity index (χ1) is 8.42. The third kappa shape index (κ3) is 5.93. The SMILES string of the molecule is CC(C)(C)OC(=O)NCC(CN)N1CCSCC1. The number of thioether (sulfide) groups is 1. The van der Waals surface area contributed by atoms with Gasteiger partial charge >= 0.3 is 6.09 Å². The molecule has 0 spiro atoms. The Morgan fingerprint density at radius 2 is 2.06 bits per heavy atom. The third-order valence-electron chi connectivity index (χ3n) is 2.72. The summed E-state index contributed by atoms with van der Waals surface area (Å²) in [4.78, 5) is 13.9. The summed E-state index contributed by atoms with van der Waals surface area (Å²) in [5.74, 6) is 2.28. The average Bonchev–Trinajstić information content (AvgIpc) is 2.29. The van der Waals surface area contributed by atoms with Gasteiger partial charge in [-0.1, -0.05) is 0 Å². The standard InChI is InChI=1S/C12H25N3O2S/c1-12(2,3)17-11(16)14-9-10(8-13)15-4-6-18-7-5-15/h10H,4-9,13H2,1-3H3,(H,14,16). The Labute approximate surface area is 114 Å². The zero-order valence-electron chi connectivity index (χ0n) is 11.6. The second-order valence-electron chi connectivity index (χ2n) is 5.42. The molecular formula is C12H25N3O2S. The van der Waals surface area contributed by atoms with Crippen LogP contribution in [0.3, 0.4) is 0 Å². The minimum absolute atomic E-state index is 0.207. The molecule has 1 amide bonds. The van der Waals surface area contributed by atoms with Crippen LogP contribution in [0.15, 0.2) is 0 Å². The molecule has 1 aliphatic heterocycles. The van der Waals surface area contributed by atoms with Gasteiger partial charge in [0.1, 0.15) is 5.60 Å². The number of ether oxygens (including phenoxy) is 1. The van der Waals surface area contributed by atoms with Crippen molar-refractivity contribution in [1.82, 2.24) is 10.2 Å². The van der Waals surface area contributed by atoms with Crippen LogP contribution in [0.2, 0.25) is 0 Å². The van der Waals surface area contributed by atoms with E-state index in [1.807, 2.05) is 32.5 Å². The molecule has 3 N–H and O–H groups in total. The molecule has 6 heteroatoms. The van der Waals surface area contributed by atoms with E-state index < -0.39 is 5.60 Å². The van der Waals surface area contributed by atoms with Gasteiger partial charge in [0, 0.05) is 43.7 Å². The van der Waals surface area contributed by atoms with Crippen molar-refractivity contribution in [3.63, 3.8) is 0 Å². The second-order valence-corrected chi connectivity index (χ2v) is 6.65. The lowest BCUT2D eigenvalue weighted by Gasteiger charge is -2.33. The Kier molecular flexibility index (Phi) is 6.25. The number of carbonyl (C=O) groups is 1. The predicted octanol–water partition coefficient (Wildman–Crippen LogP) is 0.887. The monoisotopic (exact) mass is 275 g/mol. The second kappa shape index (κ2) is 7.21. The lowest BCUT2D eigenvalue weighted by molar-refractivity contribution is 0.0509. The van der Waals surface area contributed by atoms with Crippen LogP contribution in [0.1, 0.15) is 20.8 Å². The van der Waals surface area contributed by atoms with Crippen molar-refractivity contribution in [3.05, 3.63) is 0 Å². The largest absolute Gasteiger partial charge is 0.444 e. The van der Waals surface area contributed by atoms with E-state index in [-0.39, 0.29) is 12.1 Å². The fourth-order valence-corrected chi connectivity index (χ4v) is 2.75. The van der Waals surface area contributed by atoms with Gasteiger partial charge in [-0.25, -0.2) is 4.79 Å². The zero-order valence-corrected chi connectivity index (χ0v) is 12.4. The summed E-state index contributed by atoms with van der Waals surface area (Å²) in [6.45, 7) is 8.76. The molecule has 1 fully saturated rings. The number of rotatable bonds is 4. The van der Waals surface area contributed by atoms with Gasteiger partial charge in [0.15, 0.2) is 0 Å². The molecule has 0 aromatic heterocycles. The van der Waals surface area contributed by atoms with Crippen molar-refractivity contribution in [2.75, 3.05) is 37.7 Å². The number of hydrogen-bond acceptors (Lipinski definition) is 5. The topological polar surface area (TPSA) is 67.6 Å². The van der Waals surface area contributed by atoms with E-state index in [1.54, 1.807) is 0 Å². The molecule has 1 aliphatic rings. The van der Waals surface area contributed by atoms with Crippen LogP contribution in [-0.4, -0.2) is 60.3 Å². The van der Waals surface area contributed by atoms with E-state index in [0.29, 0.717) is 13.1 Å². The predicted molar refractivity (Wildman–Crippen MR) is 76.0 cm³/mol. The molecule has 5 nitrogen and oxygen atoms in total. The van der Waals surface area contributed by atoms with E-state index >= 15 is 0 Å². The summed E-state index contributed by atoms with van der Waals surface area (Å²) in [7, 11) is 0. The Morgan fingerprint density at radius 3 is 2.56 bits per heavy atom. The molecule has 1 atom stereocenters. The maximum atomic E-state index is 11.6. The maximum Gasteiger partial charge on any atom is 0.407 e. The summed E-state index contributed by atoms with van der Waals surface area (Å²) in [6, 6.07) is 0.207. The Morgan fingerprint density at radius 1 is 1.44 bits per heavy atom. The van der Waals surface area contributed by atoms with Crippen LogP contribution in [0.25, 0.3) is 0 Å². The number of nitrogens with two attached hydrogens (primary N) is 1. The summed E-state index contributed by atoms with van der Waals surface area (Å²) in [6.07, 6.45) is -0.368. The van der Waals surface area contributed by atoms with E-state index in [0.717, 1.165) is 24.6 Å². The number of carbonyl (C=O) groups excluding carboxylic acids is 1. The number of amides is 1. The van der Waals surface area contributed by atoms with E-state index in [9.17, 15) is 4.79 Å². The van der Waals surface area contributed by atoms with Gasteiger partial charge in [-0.3, -0.25) is 4.90 Å². The van der Waals surface area contributed by atoms with Crippen LogP contribution in [-0.2, 0) is 4.74 Å². The first-order valence-electron chi connectivity index (χ1n) is 6.41. The van der Waals surface area contributed by atoms with Gasteiger partial charge < -0.3 is 15.8 Å². The molecular weight excluding hydrogens is 250 g/mol. The van der Waals surface area contributed by atoms with Crippen molar-refractivity contribution < 1.29 is 9.53 Å². The van der Waals surface area contributed by atoms with Gasteiger partial charge in [-0.2, -0.15) is 11.8 Å². The van der Waals surface area contributed by atoms with Gasteiger partial charge in [-0.05, 0) is 20.8 Å². The number of nitrogens with one attached hydrogen (secondary N) is 1. The molecule has 0 aliphatic carbocycles. The van der Waals surface area contributed by atoms with Crippen molar-refractivity contribution in [1.29, 1.82) is 0 Å². The van der Waals surface area contributed by atoms with Gasteiger partial charge in [0.2, 0.25) is 0 Å². The van der Waals surface area contributed by atoms with Crippen LogP contribution in [0.4, 0.5) is 4.79 Å². The highest BCUT2D eigenvalue weighted by atomic mass is 32.2. The van der Waals surface area contributed by atoms with Crippen LogP contribution >= 0.6 is 11.8 Å². The quantitative estimate of drug-likeness (QED) is 0.797. The fraction of sp³-hybridized carbons (Fsp3) is 0.917. The molecule has 1 unspecified atom stereocenters. The Balaban J connectivity index is 2.32.